The third kappa shape index (κ3) is 3.58. The molecule has 1 fully saturated rings. The van der Waals surface area contributed by atoms with Gasteiger partial charge in [0, 0.05) is 28.4 Å². The summed E-state index contributed by atoms with van der Waals surface area (Å²) in [6, 6.07) is 10.5. The highest BCUT2D eigenvalue weighted by atomic mass is 32.1. The number of halogens is 2. The topological polar surface area (TPSA) is 75.2 Å². The lowest BCUT2D eigenvalue weighted by Crippen LogP contribution is -2.30. The SMILES string of the molecule is Cc1cc2ccc(OC[C@@H]3CCCN3C)nc2c(F)c1-c1ccc(F)c2sc(N)c(C#N)c12. The van der Waals surface area contributed by atoms with Gasteiger partial charge in [0.15, 0.2) is 5.82 Å². The maximum absolute atomic E-state index is 15.9. The number of ether oxygens (including phenoxy) is 1. The van der Waals surface area contributed by atoms with Crippen molar-refractivity contribution in [2.75, 3.05) is 25.9 Å². The van der Waals surface area contributed by atoms with E-state index in [1.807, 2.05) is 12.1 Å². The van der Waals surface area contributed by atoms with Crippen LogP contribution in [0.5, 0.6) is 5.88 Å². The van der Waals surface area contributed by atoms with Crippen LogP contribution in [0.25, 0.3) is 32.1 Å². The fraction of sp³-hybridized carbons (Fsp3) is 0.280. The fourth-order valence-electron chi connectivity index (χ4n) is 4.63. The van der Waals surface area contributed by atoms with E-state index < -0.39 is 11.6 Å². The highest BCUT2D eigenvalue weighted by Crippen LogP contribution is 2.43. The molecule has 168 valence electrons. The first-order chi connectivity index (χ1) is 15.9. The lowest BCUT2D eigenvalue weighted by Gasteiger charge is -2.19. The summed E-state index contributed by atoms with van der Waals surface area (Å²) >= 11 is 0.994. The van der Waals surface area contributed by atoms with Gasteiger partial charge in [0.05, 0.1) is 10.3 Å². The van der Waals surface area contributed by atoms with E-state index in [1.165, 1.54) is 12.1 Å². The third-order valence-corrected chi connectivity index (χ3v) is 7.42. The van der Waals surface area contributed by atoms with Crippen molar-refractivity contribution in [3.05, 3.63) is 53.1 Å². The zero-order valence-electron chi connectivity index (χ0n) is 18.3. The van der Waals surface area contributed by atoms with Crippen LogP contribution in [0.3, 0.4) is 0 Å². The normalized spacial score (nSPS) is 16.5. The molecule has 33 heavy (non-hydrogen) atoms. The molecule has 1 aliphatic heterocycles. The molecule has 0 spiro atoms. The van der Waals surface area contributed by atoms with Crippen molar-refractivity contribution in [1.29, 1.82) is 5.26 Å². The minimum atomic E-state index is -0.532. The first-order valence-corrected chi connectivity index (χ1v) is 11.5. The third-order valence-electron chi connectivity index (χ3n) is 6.39. The van der Waals surface area contributed by atoms with E-state index in [1.54, 1.807) is 19.1 Å². The molecule has 0 unspecified atom stereocenters. The van der Waals surface area contributed by atoms with Gasteiger partial charge in [-0.05, 0) is 62.7 Å². The molecule has 0 saturated carbocycles. The Bertz CT molecular complexity index is 1440. The summed E-state index contributed by atoms with van der Waals surface area (Å²) in [6.07, 6.45) is 2.20. The van der Waals surface area contributed by atoms with Crippen molar-refractivity contribution in [2.24, 2.45) is 0 Å². The molecule has 1 aliphatic rings. The number of anilines is 1. The number of nitriles is 1. The number of benzene rings is 2. The van der Waals surface area contributed by atoms with Gasteiger partial charge in [-0.3, -0.25) is 0 Å². The van der Waals surface area contributed by atoms with Crippen LogP contribution in [0, 0.1) is 29.9 Å². The van der Waals surface area contributed by atoms with Crippen LogP contribution in [0.4, 0.5) is 13.8 Å². The number of nitrogens with two attached hydrogens (primary N) is 1. The second-order valence-electron chi connectivity index (χ2n) is 8.44. The first kappa shape index (κ1) is 21.6. The van der Waals surface area contributed by atoms with E-state index in [-0.39, 0.29) is 26.3 Å². The number of likely N-dealkylation sites (N-methyl/N-ethyl adjacent to an activating group) is 1. The number of aryl methyl sites for hydroxylation is 1. The average molecular weight is 465 g/mol. The van der Waals surface area contributed by atoms with E-state index >= 15 is 4.39 Å². The molecule has 2 aromatic heterocycles. The molecule has 1 saturated heterocycles. The van der Waals surface area contributed by atoms with E-state index in [0.717, 1.165) is 30.7 Å². The van der Waals surface area contributed by atoms with Gasteiger partial charge in [0.2, 0.25) is 5.88 Å². The van der Waals surface area contributed by atoms with Crippen LogP contribution in [-0.4, -0.2) is 36.1 Å². The maximum atomic E-state index is 15.9. The number of thiophene rings is 1. The summed E-state index contributed by atoms with van der Waals surface area (Å²) in [4.78, 5) is 6.71. The van der Waals surface area contributed by atoms with Gasteiger partial charge >= 0.3 is 0 Å². The Hall–Kier alpha value is -3.28. The zero-order valence-corrected chi connectivity index (χ0v) is 19.1. The average Bonchev–Trinajstić information content (AvgIpc) is 3.36. The number of hydrogen-bond donors (Lipinski definition) is 1. The molecule has 0 aliphatic carbocycles. The quantitative estimate of drug-likeness (QED) is 0.424. The first-order valence-electron chi connectivity index (χ1n) is 10.7. The van der Waals surface area contributed by atoms with Crippen LogP contribution < -0.4 is 10.5 Å². The van der Waals surface area contributed by atoms with Crippen LogP contribution in [0.2, 0.25) is 0 Å². The van der Waals surface area contributed by atoms with Gasteiger partial charge in [-0.15, -0.1) is 11.3 Å². The molecule has 5 rings (SSSR count). The maximum Gasteiger partial charge on any atom is 0.213 e. The number of nitrogen functional groups attached to an aromatic ring is 1. The van der Waals surface area contributed by atoms with Gasteiger partial charge in [0.1, 0.15) is 29.0 Å². The van der Waals surface area contributed by atoms with Crippen LogP contribution in [0.1, 0.15) is 24.0 Å². The molecule has 5 nitrogen and oxygen atoms in total. The molecule has 2 aromatic carbocycles. The number of rotatable bonds is 4. The Labute approximate surface area is 194 Å². The van der Waals surface area contributed by atoms with Crippen molar-refractivity contribution in [3.63, 3.8) is 0 Å². The molecule has 8 heteroatoms. The van der Waals surface area contributed by atoms with Gasteiger partial charge in [-0.1, -0.05) is 6.07 Å². The van der Waals surface area contributed by atoms with Gasteiger partial charge in [-0.2, -0.15) is 5.26 Å². The smallest absolute Gasteiger partial charge is 0.213 e. The van der Waals surface area contributed by atoms with Crippen molar-refractivity contribution in [3.8, 4) is 23.1 Å². The van der Waals surface area contributed by atoms with Crippen molar-refractivity contribution >= 4 is 37.3 Å². The molecule has 0 bridgehead atoms. The van der Waals surface area contributed by atoms with Crippen molar-refractivity contribution in [2.45, 2.75) is 25.8 Å². The number of fused-ring (bicyclic) bond motifs is 2. The molecule has 4 aromatic rings. The predicted molar refractivity (Wildman–Crippen MR) is 127 cm³/mol. The Morgan fingerprint density at radius 1 is 1.30 bits per heavy atom. The Morgan fingerprint density at radius 3 is 2.85 bits per heavy atom. The van der Waals surface area contributed by atoms with Crippen LogP contribution in [0.15, 0.2) is 30.3 Å². The van der Waals surface area contributed by atoms with E-state index in [2.05, 4.69) is 16.9 Å². The zero-order chi connectivity index (χ0) is 23.3. The lowest BCUT2D eigenvalue weighted by atomic mass is 9.93. The van der Waals surface area contributed by atoms with Crippen molar-refractivity contribution in [1.82, 2.24) is 9.88 Å². The molecule has 0 radical (unpaired) electrons. The number of aromatic nitrogens is 1. The summed E-state index contributed by atoms with van der Waals surface area (Å²) in [5, 5.41) is 10.8. The standard InChI is InChI=1S/C25H22F2N4OS/c1-13-10-14-5-8-19(32-12-15-4-3-9-31(15)2)30-23(14)22(27)20(13)16-6-7-18(26)24-21(16)17(11-28)25(29)33-24/h5-8,10,15H,3-4,9,12,29H2,1-2H3/t15-/m0/s1. The highest BCUT2D eigenvalue weighted by Gasteiger charge is 2.24. The monoisotopic (exact) mass is 464 g/mol. The fourth-order valence-corrected chi connectivity index (χ4v) is 5.58. The minimum absolute atomic E-state index is 0.161. The number of nitrogens with zero attached hydrogens (tertiary/aromatic N) is 3. The molecule has 1 atom stereocenters. The Kier molecular flexibility index (Phi) is 5.39. The molecular weight excluding hydrogens is 442 g/mol. The number of hydrogen-bond acceptors (Lipinski definition) is 6. The largest absolute Gasteiger partial charge is 0.476 e. The molecular formula is C25H22F2N4OS. The second kappa shape index (κ2) is 8.25. The van der Waals surface area contributed by atoms with Gasteiger partial charge in [0.25, 0.3) is 0 Å². The molecule has 0 amide bonds. The summed E-state index contributed by atoms with van der Waals surface area (Å²) in [5.41, 5.74) is 7.66. The summed E-state index contributed by atoms with van der Waals surface area (Å²) in [6.45, 7) is 3.32. The molecule has 3 heterocycles. The van der Waals surface area contributed by atoms with Gasteiger partial charge < -0.3 is 15.4 Å². The molecule has 2 N–H and O–H groups in total. The second-order valence-corrected chi connectivity index (χ2v) is 9.50. The minimum Gasteiger partial charge on any atom is -0.476 e. The Balaban J connectivity index is 1.64. The summed E-state index contributed by atoms with van der Waals surface area (Å²) in [5.74, 6) is -0.662. The van der Waals surface area contributed by atoms with E-state index in [4.69, 9.17) is 10.5 Å². The van der Waals surface area contributed by atoms with Gasteiger partial charge in [-0.25, -0.2) is 13.8 Å². The highest BCUT2D eigenvalue weighted by molar-refractivity contribution is 7.23. The lowest BCUT2D eigenvalue weighted by molar-refractivity contribution is 0.193. The Morgan fingerprint density at radius 2 is 2.12 bits per heavy atom. The summed E-state index contributed by atoms with van der Waals surface area (Å²) in [7, 11) is 2.07. The van der Waals surface area contributed by atoms with Crippen LogP contribution in [-0.2, 0) is 0 Å². The predicted octanol–water partition coefficient (Wildman–Crippen LogP) is 5.63. The summed E-state index contributed by atoms with van der Waals surface area (Å²) < 4.78 is 36.6. The van der Waals surface area contributed by atoms with Crippen molar-refractivity contribution < 1.29 is 13.5 Å². The van der Waals surface area contributed by atoms with E-state index in [9.17, 15) is 9.65 Å². The van der Waals surface area contributed by atoms with E-state index in [0.29, 0.717) is 40.4 Å². The number of likely N-dealkylation sites (tertiary alicyclic amines) is 1. The number of pyridine rings is 1. The van der Waals surface area contributed by atoms with Crippen LogP contribution >= 0.6 is 11.3 Å².